The van der Waals surface area contributed by atoms with Crippen LogP contribution in [0.4, 0.5) is 0 Å². The van der Waals surface area contributed by atoms with Crippen LogP contribution in [-0.2, 0) is 4.74 Å². The topological polar surface area (TPSA) is 41.5 Å². The van der Waals surface area contributed by atoms with Crippen molar-refractivity contribution in [1.82, 2.24) is 5.32 Å². The summed E-state index contributed by atoms with van der Waals surface area (Å²) in [5, 5.41) is 13.2. The van der Waals surface area contributed by atoms with Gasteiger partial charge in [0.25, 0.3) is 0 Å². The van der Waals surface area contributed by atoms with E-state index in [1.807, 2.05) is 37.3 Å². The zero-order chi connectivity index (χ0) is 14.3. The molecule has 0 saturated carbocycles. The molecule has 0 aliphatic heterocycles. The molecule has 0 radical (unpaired) electrons. The van der Waals surface area contributed by atoms with Gasteiger partial charge in [0.15, 0.2) is 0 Å². The van der Waals surface area contributed by atoms with Crippen molar-refractivity contribution in [2.45, 2.75) is 45.9 Å². The lowest BCUT2D eigenvalue weighted by Crippen LogP contribution is -2.38. The van der Waals surface area contributed by atoms with Crippen LogP contribution in [0.5, 0.6) is 0 Å². The van der Waals surface area contributed by atoms with Crippen molar-refractivity contribution in [1.29, 1.82) is 0 Å². The van der Waals surface area contributed by atoms with Gasteiger partial charge in [0, 0.05) is 12.6 Å². The van der Waals surface area contributed by atoms with Gasteiger partial charge in [0.2, 0.25) is 0 Å². The summed E-state index contributed by atoms with van der Waals surface area (Å²) in [6, 6.07) is 10.5. The van der Waals surface area contributed by atoms with E-state index in [9.17, 15) is 5.11 Å². The standard InChI is InChI=1S/C16H27NO2/c1-12(2)13(3)17-10-16(18)11-19-14(4)15-8-6-5-7-9-15/h5-9,12-14,16-18H,10-11H2,1-4H3. The van der Waals surface area contributed by atoms with Gasteiger partial charge in [0.05, 0.1) is 18.8 Å². The summed E-state index contributed by atoms with van der Waals surface area (Å²) in [7, 11) is 0. The molecule has 0 aliphatic rings. The Hall–Kier alpha value is -0.900. The van der Waals surface area contributed by atoms with E-state index in [0.717, 1.165) is 5.56 Å². The maximum atomic E-state index is 9.89. The van der Waals surface area contributed by atoms with Crippen molar-refractivity contribution >= 4 is 0 Å². The highest BCUT2D eigenvalue weighted by atomic mass is 16.5. The lowest BCUT2D eigenvalue weighted by molar-refractivity contribution is -0.00315. The van der Waals surface area contributed by atoms with E-state index in [1.54, 1.807) is 0 Å². The third kappa shape index (κ3) is 6.19. The predicted octanol–water partition coefficient (Wildman–Crippen LogP) is 2.76. The summed E-state index contributed by atoms with van der Waals surface area (Å²) in [6.07, 6.45) is -0.453. The number of ether oxygens (including phenoxy) is 1. The second kappa shape index (κ2) is 8.31. The molecule has 0 heterocycles. The van der Waals surface area contributed by atoms with Crippen LogP contribution in [0.2, 0.25) is 0 Å². The number of hydrogen-bond donors (Lipinski definition) is 2. The van der Waals surface area contributed by atoms with Crippen molar-refractivity contribution in [3.8, 4) is 0 Å². The summed E-state index contributed by atoms with van der Waals surface area (Å²) in [5.41, 5.74) is 1.14. The molecule has 0 aliphatic carbocycles. The van der Waals surface area contributed by atoms with Gasteiger partial charge in [0.1, 0.15) is 0 Å². The van der Waals surface area contributed by atoms with E-state index in [1.165, 1.54) is 0 Å². The van der Waals surface area contributed by atoms with Crippen LogP contribution in [-0.4, -0.2) is 30.4 Å². The molecule has 2 N–H and O–H groups in total. The molecule has 0 fully saturated rings. The first-order valence-corrected chi connectivity index (χ1v) is 7.08. The van der Waals surface area contributed by atoms with Crippen molar-refractivity contribution in [3.05, 3.63) is 35.9 Å². The lowest BCUT2D eigenvalue weighted by atomic mass is 10.1. The minimum atomic E-state index is -0.465. The second-order valence-corrected chi connectivity index (χ2v) is 5.48. The van der Waals surface area contributed by atoms with E-state index in [0.29, 0.717) is 25.1 Å². The fraction of sp³-hybridized carbons (Fsp3) is 0.625. The average Bonchev–Trinajstić information content (AvgIpc) is 2.42. The molecule has 3 nitrogen and oxygen atoms in total. The van der Waals surface area contributed by atoms with E-state index < -0.39 is 6.10 Å². The fourth-order valence-electron chi connectivity index (χ4n) is 1.69. The fourth-order valence-corrected chi connectivity index (χ4v) is 1.69. The Balaban J connectivity index is 2.25. The third-order valence-electron chi connectivity index (χ3n) is 3.48. The van der Waals surface area contributed by atoms with Gasteiger partial charge in [-0.25, -0.2) is 0 Å². The molecule has 108 valence electrons. The predicted molar refractivity (Wildman–Crippen MR) is 79.1 cm³/mol. The largest absolute Gasteiger partial charge is 0.389 e. The molecule has 1 rings (SSSR count). The monoisotopic (exact) mass is 265 g/mol. The SMILES string of the molecule is CC(OCC(O)CNC(C)C(C)C)c1ccccc1. The molecule has 1 aromatic rings. The van der Waals surface area contributed by atoms with Crippen molar-refractivity contribution in [2.24, 2.45) is 5.92 Å². The van der Waals surface area contributed by atoms with E-state index >= 15 is 0 Å². The summed E-state index contributed by atoms with van der Waals surface area (Å²) < 4.78 is 5.69. The molecular weight excluding hydrogens is 238 g/mol. The molecule has 0 spiro atoms. The average molecular weight is 265 g/mol. The van der Waals surface area contributed by atoms with Gasteiger partial charge >= 0.3 is 0 Å². The number of aliphatic hydroxyl groups excluding tert-OH is 1. The number of benzene rings is 1. The minimum absolute atomic E-state index is 0.0124. The van der Waals surface area contributed by atoms with Crippen LogP contribution in [0, 0.1) is 5.92 Å². The van der Waals surface area contributed by atoms with E-state index in [-0.39, 0.29) is 6.10 Å². The molecule has 0 saturated heterocycles. The first-order valence-electron chi connectivity index (χ1n) is 7.08. The van der Waals surface area contributed by atoms with Gasteiger partial charge in [-0.3, -0.25) is 0 Å². The molecule has 3 atom stereocenters. The molecule has 3 unspecified atom stereocenters. The first kappa shape index (κ1) is 16.2. The summed E-state index contributed by atoms with van der Waals surface area (Å²) >= 11 is 0. The number of aliphatic hydroxyl groups is 1. The third-order valence-corrected chi connectivity index (χ3v) is 3.48. The van der Waals surface area contributed by atoms with E-state index in [2.05, 4.69) is 26.1 Å². The van der Waals surface area contributed by atoms with Crippen LogP contribution < -0.4 is 5.32 Å². The highest BCUT2D eigenvalue weighted by Crippen LogP contribution is 2.15. The Kier molecular flexibility index (Phi) is 7.06. The maximum Gasteiger partial charge on any atom is 0.0898 e. The second-order valence-electron chi connectivity index (χ2n) is 5.48. The van der Waals surface area contributed by atoms with Crippen molar-refractivity contribution in [2.75, 3.05) is 13.2 Å². The highest BCUT2D eigenvalue weighted by molar-refractivity contribution is 5.16. The molecule has 0 amide bonds. The Bertz CT molecular complexity index is 340. The quantitative estimate of drug-likeness (QED) is 0.759. The van der Waals surface area contributed by atoms with Gasteiger partial charge in [-0.15, -0.1) is 0 Å². The Labute approximate surface area is 117 Å². The van der Waals surface area contributed by atoms with Gasteiger partial charge in [-0.1, -0.05) is 44.2 Å². The van der Waals surface area contributed by atoms with Crippen LogP contribution in [0.1, 0.15) is 39.4 Å². The van der Waals surface area contributed by atoms with Crippen LogP contribution >= 0.6 is 0 Å². The molecule has 3 heteroatoms. The summed E-state index contributed by atoms with van der Waals surface area (Å²) in [5.74, 6) is 0.566. The van der Waals surface area contributed by atoms with Crippen molar-refractivity contribution < 1.29 is 9.84 Å². The minimum Gasteiger partial charge on any atom is -0.389 e. The normalized spacial score (nSPS) is 16.3. The Morgan fingerprint density at radius 3 is 2.32 bits per heavy atom. The molecule has 0 aromatic heterocycles. The van der Waals surface area contributed by atoms with Crippen LogP contribution in [0.25, 0.3) is 0 Å². The van der Waals surface area contributed by atoms with Crippen molar-refractivity contribution in [3.63, 3.8) is 0 Å². The smallest absolute Gasteiger partial charge is 0.0898 e. The molecule has 1 aromatic carbocycles. The zero-order valence-corrected chi connectivity index (χ0v) is 12.5. The number of rotatable bonds is 8. The first-order chi connectivity index (χ1) is 9.00. The van der Waals surface area contributed by atoms with Crippen LogP contribution in [0.3, 0.4) is 0 Å². The highest BCUT2D eigenvalue weighted by Gasteiger charge is 2.12. The maximum absolute atomic E-state index is 9.89. The van der Waals surface area contributed by atoms with Crippen LogP contribution in [0.15, 0.2) is 30.3 Å². The summed E-state index contributed by atoms with van der Waals surface area (Å²) in [4.78, 5) is 0. The zero-order valence-electron chi connectivity index (χ0n) is 12.5. The number of hydrogen-bond acceptors (Lipinski definition) is 3. The van der Waals surface area contributed by atoms with Gasteiger partial charge in [-0.05, 0) is 25.3 Å². The van der Waals surface area contributed by atoms with E-state index in [4.69, 9.17) is 4.74 Å². The van der Waals surface area contributed by atoms with Gasteiger partial charge < -0.3 is 15.2 Å². The number of nitrogens with one attached hydrogen (secondary N) is 1. The lowest BCUT2D eigenvalue weighted by Gasteiger charge is -2.21. The Morgan fingerprint density at radius 1 is 1.11 bits per heavy atom. The summed E-state index contributed by atoms with van der Waals surface area (Å²) in [6.45, 7) is 9.39. The Morgan fingerprint density at radius 2 is 1.74 bits per heavy atom. The molecular formula is C16H27NO2. The molecule has 19 heavy (non-hydrogen) atoms. The van der Waals surface area contributed by atoms with Gasteiger partial charge in [-0.2, -0.15) is 0 Å². The molecule has 0 bridgehead atoms.